The van der Waals surface area contributed by atoms with Gasteiger partial charge in [0.2, 0.25) is 0 Å². The molecule has 0 fully saturated rings. The first-order valence-corrected chi connectivity index (χ1v) is 16.4. The number of hydrogen-bond donors (Lipinski definition) is 2. The molecule has 0 aliphatic carbocycles. The number of carbonyl (C=O) groups is 2. The number of nitrogens with one attached hydrogen (secondary N) is 2. The summed E-state index contributed by atoms with van der Waals surface area (Å²) >= 11 is 1.62. The van der Waals surface area contributed by atoms with Crippen LogP contribution in [0.3, 0.4) is 0 Å². The molecule has 3 aromatic carbocycles. The van der Waals surface area contributed by atoms with Gasteiger partial charge in [0, 0.05) is 3.42 Å². The van der Waals surface area contributed by atoms with Crippen molar-refractivity contribution in [1.82, 2.24) is 5.32 Å². The summed E-state index contributed by atoms with van der Waals surface area (Å²) in [6.07, 6.45) is -9.93. The van der Waals surface area contributed by atoms with Crippen molar-refractivity contribution in [2.24, 2.45) is 0 Å². The molecule has 0 bridgehead atoms. The molecule has 4 nitrogen and oxygen atoms in total. The number of alkyl halides is 9. The van der Waals surface area contributed by atoms with Crippen LogP contribution in [-0.4, -0.2) is 20.3 Å². The first-order valence-electron chi connectivity index (χ1n) is 12.1. The summed E-state index contributed by atoms with van der Waals surface area (Å²) in [6, 6.07) is 11.6. The molecule has 3 aromatic rings. The Kier molecular flexibility index (Phi) is 9.78. The van der Waals surface area contributed by atoms with Gasteiger partial charge in [0.25, 0.3) is 0 Å². The first-order chi connectivity index (χ1) is 18.7. The average molecular weight is 803 g/mol. The standard InChI is InChI=1S/C29H27F6I2N2O2/c1-26(2,36)18-9-11-20(22(14-18)28(30,31)32)21-12-10-19(15-23(21)29(33,34)35)38-24(40)16-7-6-8-17(13-16)25(41)39-27(3,4)37-5/h6-15H,1-5H3,(H,38,40)(H,39,41)/q-1. The van der Waals surface area contributed by atoms with Gasteiger partial charge >= 0.3 is 158 Å². The van der Waals surface area contributed by atoms with Crippen molar-refractivity contribution >= 4 is 40.1 Å². The van der Waals surface area contributed by atoms with Gasteiger partial charge in [-0.15, -0.1) is 0 Å². The van der Waals surface area contributed by atoms with Crippen LogP contribution in [0.1, 0.15) is 65.1 Å². The number of carbonyl (C=O) groups excluding carboxylic acids is 2. The number of halogens is 8. The van der Waals surface area contributed by atoms with Gasteiger partial charge < -0.3 is 0 Å². The summed E-state index contributed by atoms with van der Waals surface area (Å²) in [4.78, 5) is 27.5. The third-order valence-electron chi connectivity index (χ3n) is 6.15. The Bertz CT molecular complexity index is 1460. The quantitative estimate of drug-likeness (QED) is 0.144. The Morgan fingerprint density at radius 3 is 1.76 bits per heavy atom. The van der Waals surface area contributed by atoms with Gasteiger partial charge in [-0.25, -0.2) is 0 Å². The zero-order valence-electron chi connectivity index (χ0n) is 22.6. The van der Waals surface area contributed by atoms with Gasteiger partial charge in [-0.3, -0.25) is 0 Å². The Hall–Kier alpha value is -2.36. The fraction of sp³-hybridized carbons (Fsp3) is 0.310. The molecule has 0 unspecified atom stereocenters. The minimum atomic E-state index is -5.02. The predicted octanol–water partition coefficient (Wildman–Crippen LogP) is 5.50. The van der Waals surface area contributed by atoms with E-state index in [4.69, 9.17) is 0 Å². The van der Waals surface area contributed by atoms with Crippen LogP contribution >= 0.6 is 22.6 Å². The summed E-state index contributed by atoms with van der Waals surface area (Å²) < 4.78 is 83.3. The third-order valence-corrected chi connectivity index (χ3v) is 9.74. The van der Waals surface area contributed by atoms with Crippen molar-refractivity contribution in [1.29, 1.82) is 0 Å². The van der Waals surface area contributed by atoms with Crippen LogP contribution in [0.5, 0.6) is 0 Å². The molecule has 2 amide bonds. The summed E-state index contributed by atoms with van der Waals surface area (Å²) in [6.45, 7) is 7.15. The monoisotopic (exact) mass is 803 g/mol. The van der Waals surface area contributed by atoms with Crippen molar-refractivity contribution in [2.75, 3.05) is 10.2 Å². The first kappa shape index (κ1) is 33.1. The average Bonchev–Trinajstić information content (AvgIpc) is 2.86. The Morgan fingerprint density at radius 1 is 0.732 bits per heavy atom. The number of amides is 2. The van der Waals surface area contributed by atoms with E-state index in [0.29, 0.717) is 11.6 Å². The van der Waals surface area contributed by atoms with E-state index in [0.717, 1.165) is 24.3 Å². The van der Waals surface area contributed by atoms with E-state index in [-0.39, 0.29) is 41.6 Å². The summed E-state index contributed by atoms with van der Waals surface area (Å²) in [5.74, 6) is -1.18. The normalized spacial score (nSPS) is 12.8. The SMILES string of the molecule is C[I-]C(C)(C)NC(=O)c1cccc(C(=O)Nc2ccc(-c3ccc(C(C)(C)I)cc3C(F)(F)F)c(C(F)(F)F)c2)c1. The molecule has 0 aromatic heterocycles. The molecule has 3 rings (SSSR count). The Labute approximate surface area is 258 Å². The van der Waals surface area contributed by atoms with Gasteiger partial charge in [0.15, 0.2) is 0 Å². The molecule has 2 N–H and O–H groups in total. The predicted molar refractivity (Wildman–Crippen MR) is 151 cm³/mol. The molecule has 41 heavy (non-hydrogen) atoms. The second kappa shape index (κ2) is 12.1. The van der Waals surface area contributed by atoms with E-state index in [1.807, 2.05) is 41.4 Å². The van der Waals surface area contributed by atoms with Crippen LogP contribution in [0.4, 0.5) is 32.0 Å². The second-order valence-corrected chi connectivity index (χ2v) is 16.6. The van der Waals surface area contributed by atoms with Gasteiger partial charge in [-0.1, -0.05) is 34.7 Å². The topological polar surface area (TPSA) is 58.2 Å². The number of rotatable bonds is 7. The second-order valence-electron chi connectivity index (χ2n) is 10.1. The Morgan fingerprint density at radius 2 is 1.24 bits per heavy atom. The van der Waals surface area contributed by atoms with E-state index >= 15 is 0 Å². The molecule has 0 aliphatic rings. The fourth-order valence-electron chi connectivity index (χ4n) is 3.87. The van der Waals surface area contributed by atoms with Crippen LogP contribution < -0.4 is 31.8 Å². The van der Waals surface area contributed by atoms with Crippen LogP contribution in [0.15, 0.2) is 60.7 Å². The number of hydrogen-bond acceptors (Lipinski definition) is 2. The molecule has 0 heterocycles. The molecule has 0 spiro atoms. The van der Waals surface area contributed by atoms with Crippen molar-refractivity contribution < 1.29 is 57.1 Å². The molecule has 0 saturated heterocycles. The van der Waals surface area contributed by atoms with E-state index in [1.165, 1.54) is 30.3 Å². The molecule has 12 heteroatoms. The molecule has 0 saturated carbocycles. The van der Waals surface area contributed by atoms with Gasteiger partial charge in [-0.2, -0.15) is 26.3 Å². The Balaban J connectivity index is 2.01. The van der Waals surface area contributed by atoms with Gasteiger partial charge in [0.05, 0.1) is 5.56 Å². The zero-order valence-corrected chi connectivity index (χ0v) is 26.9. The summed E-state index contributed by atoms with van der Waals surface area (Å²) in [5, 5.41) is 5.24. The number of anilines is 1. The molecule has 0 radical (unpaired) electrons. The van der Waals surface area contributed by atoms with E-state index < -0.39 is 49.8 Å². The van der Waals surface area contributed by atoms with Crippen molar-refractivity contribution in [3.63, 3.8) is 0 Å². The number of benzene rings is 3. The minimum absolute atomic E-state index is 0.0237. The van der Waals surface area contributed by atoms with Crippen LogP contribution in [-0.2, 0) is 15.8 Å². The van der Waals surface area contributed by atoms with Crippen LogP contribution in [0.25, 0.3) is 11.1 Å². The maximum atomic E-state index is 14.1. The van der Waals surface area contributed by atoms with Crippen molar-refractivity contribution in [2.45, 2.75) is 47.0 Å². The molecular weight excluding hydrogens is 776 g/mol. The molecule has 0 aliphatic heterocycles. The molecule has 222 valence electrons. The molecule has 0 atom stereocenters. The van der Waals surface area contributed by atoms with Gasteiger partial charge in [0.1, 0.15) is 0 Å². The van der Waals surface area contributed by atoms with E-state index in [2.05, 4.69) is 10.6 Å². The van der Waals surface area contributed by atoms with Crippen LogP contribution in [0, 0.1) is 0 Å². The van der Waals surface area contributed by atoms with Crippen molar-refractivity contribution in [3.8, 4) is 11.1 Å². The molecular formula is C29H27F6I2N2O2-. The third kappa shape index (κ3) is 8.36. The van der Waals surface area contributed by atoms with Gasteiger partial charge in [-0.05, 0) is 31.0 Å². The van der Waals surface area contributed by atoms with E-state index in [1.54, 1.807) is 13.8 Å². The maximum absolute atomic E-state index is 14.1. The zero-order chi connectivity index (χ0) is 31.0. The van der Waals surface area contributed by atoms with Crippen molar-refractivity contribution in [3.05, 3.63) is 88.5 Å². The van der Waals surface area contributed by atoms with E-state index in [9.17, 15) is 35.9 Å². The fourth-order valence-corrected chi connectivity index (χ4v) is 4.72. The van der Waals surface area contributed by atoms with Crippen LogP contribution in [0.2, 0.25) is 0 Å². The summed E-state index contributed by atoms with van der Waals surface area (Å²) in [5.41, 5.74) is -3.54. The summed E-state index contributed by atoms with van der Waals surface area (Å²) in [7, 11) is 0.